The van der Waals surface area contributed by atoms with E-state index in [2.05, 4.69) is 21.2 Å². The molecule has 0 saturated heterocycles. The van der Waals surface area contributed by atoms with Gasteiger partial charge < -0.3 is 36.4 Å². The van der Waals surface area contributed by atoms with Crippen molar-refractivity contribution in [3.8, 4) is 11.5 Å². The number of carbonyl (C=O) groups is 2. The van der Waals surface area contributed by atoms with Crippen molar-refractivity contribution in [2.45, 2.75) is 12.8 Å². The van der Waals surface area contributed by atoms with Gasteiger partial charge in [0.05, 0.1) is 53.0 Å². The van der Waals surface area contributed by atoms with Gasteiger partial charge in [0, 0.05) is 38.4 Å². The highest BCUT2D eigenvalue weighted by Crippen LogP contribution is 2.44. The molecule has 0 bridgehead atoms. The first-order chi connectivity index (χ1) is 16.5. The highest BCUT2D eigenvalue weighted by atomic mass is 16.3. The molecule has 0 radical (unpaired) electrons. The molecule has 184 valence electrons. The van der Waals surface area contributed by atoms with Crippen LogP contribution >= 0.6 is 0 Å². The first kappa shape index (κ1) is 25.3. The average molecular weight is 476 g/mol. The van der Waals surface area contributed by atoms with Crippen molar-refractivity contribution in [1.82, 2.24) is 21.0 Å². The minimum atomic E-state index is -0.678. The van der Waals surface area contributed by atoms with E-state index in [-0.39, 0.29) is 54.1 Å². The van der Waals surface area contributed by atoms with Crippen LogP contribution in [0.3, 0.4) is 0 Å². The average Bonchev–Trinajstić information content (AvgIpc) is 2.83. The normalized spacial score (nSPS) is 15.4. The zero-order valence-corrected chi connectivity index (χ0v) is 18.6. The Morgan fingerprint density at radius 3 is 2.00 bits per heavy atom. The summed E-state index contributed by atoms with van der Waals surface area (Å²) in [6, 6.07) is 2.29. The molecule has 0 spiro atoms. The van der Waals surface area contributed by atoms with Crippen LogP contribution in [0.5, 0.6) is 11.5 Å². The topological polar surface area (TPSA) is 184 Å². The molecule has 1 aromatic rings. The summed E-state index contributed by atoms with van der Waals surface area (Å²) < 4.78 is 0. The Kier molecular flexibility index (Phi) is 8.71. The van der Waals surface area contributed by atoms with Crippen molar-refractivity contribution in [3.05, 3.63) is 50.7 Å². The SMILES string of the molecule is O=NN(CCNCCO)C1=C2C(=O)c3c(O)ccc(O)c3C(=O)C2=C(NCCNCCO)CC1. The number of allylic oxidation sites excluding steroid dienone is 4. The number of fused-ring (bicyclic) bond motifs is 2. The lowest BCUT2D eigenvalue weighted by Crippen LogP contribution is -2.37. The first-order valence-electron chi connectivity index (χ1n) is 11.0. The third kappa shape index (κ3) is 5.09. The maximum Gasteiger partial charge on any atom is 0.200 e. The monoisotopic (exact) mass is 475 g/mol. The van der Waals surface area contributed by atoms with Gasteiger partial charge in [-0.05, 0) is 25.0 Å². The number of aliphatic hydroxyl groups is 2. The Labute approximate surface area is 195 Å². The molecule has 0 amide bonds. The number of nitrogens with zero attached hydrogens (tertiary/aromatic N) is 2. The molecule has 0 aromatic heterocycles. The second kappa shape index (κ2) is 11.7. The van der Waals surface area contributed by atoms with Crippen LogP contribution < -0.4 is 16.0 Å². The maximum absolute atomic E-state index is 13.5. The quantitative estimate of drug-likeness (QED) is 0.0846. The van der Waals surface area contributed by atoms with E-state index in [0.29, 0.717) is 44.8 Å². The van der Waals surface area contributed by atoms with Gasteiger partial charge in [0.2, 0.25) is 0 Å². The number of carbonyl (C=O) groups excluding carboxylic acids is 2. The van der Waals surface area contributed by atoms with E-state index >= 15 is 0 Å². The van der Waals surface area contributed by atoms with Crippen LogP contribution in [0, 0.1) is 4.91 Å². The lowest BCUT2D eigenvalue weighted by atomic mass is 9.76. The van der Waals surface area contributed by atoms with Crippen molar-refractivity contribution < 1.29 is 30.0 Å². The Morgan fingerprint density at radius 1 is 0.824 bits per heavy atom. The third-order valence-electron chi connectivity index (χ3n) is 5.65. The number of benzene rings is 1. The predicted molar refractivity (Wildman–Crippen MR) is 122 cm³/mol. The lowest BCUT2D eigenvalue weighted by Gasteiger charge is -2.32. The molecular formula is C22H29N5O7. The zero-order valence-electron chi connectivity index (χ0n) is 18.6. The number of phenolic OH excluding ortho intramolecular Hbond substituents is 2. The van der Waals surface area contributed by atoms with E-state index in [1.807, 2.05) is 0 Å². The Bertz CT molecular complexity index is 1020. The summed E-state index contributed by atoms with van der Waals surface area (Å²) in [5.74, 6) is -2.18. The third-order valence-corrected chi connectivity index (χ3v) is 5.65. The fourth-order valence-electron chi connectivity index (χ4n) is 4.13. The second-order valence-electron chi connectivity index (χ2n) is 7.77. The predicted octanol–water partition coefficient (Wildman–Crippen LogP) is -0.484. The molecule has 7 N–H and O–H groups in total. The number of aromatic hydroxyl groups is 2. The van der Waals surface area contributed by atoms with Crippen LogP contribution in [-0.4, -0.2) is 89.5 Å². The molecule has 0 fully saturated rings. The van der Waals surface area contributed by atoms with Gasteiger partial charge in [-0.3, -0.25) is 9.59 Å². The van der Waals surface area contributed by atoms with Crippen molar-refractivity contribution in [3.63, 3.8) is 0 Å². The van der Waals surface area contributed by atoms with Crippen LogP contribution in [0.4, 0.5) is 0 Å². The summed E-state index contributed by atoms with van der Waals surface area (Å²) in [5, 5.41) is 51.7. The van der Waals surface area contributed by atoms with Crippen LogP contribution in [0.25, 0.3) is 0 Å². The minimum absolute atomic E-state index is 0.0155. The van der Waals surface area contributed by atoms with Crippen molar-refractivity contribution in [1.29, 1.82) is 0 Å². The van der Waals surface area contributed by atoms with Gasteiger partial charge in [0.15, 0.2) is 11.6 Å². The van der Waals surface area contributed by atoms with Gasteiger partial charge in [0.1, 0.15) is 11.5 Å². The number of hydrogen-bond donors (Lipinski definition) is 7. The van der Waals surface area contributed by atoms with Crippen LogP contribution in [-0.2, 0) is 0 Å². The summed E-state index contributed by atoms with van der Waals surface area (Å²) in [4.78, 5) is 38.7. The number of phenols is 2. The van der Waals surface area contributed by atoms with Crippen LogP contribution in [0.2, 0.25) is 0 Å². The fraction of sp³-hybridized carbons (Fsp3) is 0.455. The van der Waals surface area contributed by atoms with Gasteiger partial charge in [-0.2, -0.15) is 0 Å². The number of rotatable bonds is 13. The molecule has 12 nitrogen and oxygen atoms in total. The van der Waals surface area contributed by atoms with Gasteiger partial charge in [-0.25, -0.2) is 5.01 Å². The number of nitroso groups, excluding NO2 is 1. The standard InChI is InChI=1S/C22H29N5O7/c28-11-8-23-5-6-25-13-1-2-14(27(26-34)10-7-24-9-12-29)18-17(13)21(32)19-15(30)3-4-16(31)20(19)22(18)33/h3-4,23-25,28-31H,1-2,5-12H2. The molecule has 2 aliphatic rings. The summed E-state index contributed by atoms with van der Waals surface area (Å²) in [6.07, 6.45) is 0.559. The molecule has 1 aromatic carbocycles. The molecule has 3 rings (SSSR count). The van der Waals surface area contributed by atoms with E-state index < -0.39 is 23.1 Å². The Hall–Kier alpha value is -3.32. The smallest absolute Gasteiger partial charge is 0.200 e. The molecule has 34 heavy (non-hydrogen) atoms. The van der Waals surface area contributed by atoms with Gasteiger partial charge in [0.25, 0.3) is 0 Å². The molecule has 12 heteroatoms. The highest BCUT2D eigenvalue weighted by molar-refractivity contribution is 6.33. The summed E-state index contributed by atoms with van der Waals surface area (Å²) in [5.41, 5.74) is 0.164. The minimum Gasteiger partial charge on any atom is -0.507 e. The van der Waals surface area contributed by atoms with Crippen molar-refractivity contribution >= 4 is 11.6 Å². The maximum atomic E-state index is 13.5. The first-order valence-corrected chi connectivity index (χ1v) is 11.0. The zero-order chi connectivity index (χ0) is 24.7. The van der Waals surface area contributed by atoms with Crippen molar-refractivity contribution in [2.24, 2.45) is 5.29 Å². The van der Waals surface area contributed by atoms with E-state index in [0.717, 1.165) is 17.1 Å². The van der Waals surface area contributed by atoms with E-state index in [1.54, 1.807) is 0 Å². The van der Waals surface area contributed by atoms with Crippen molar-refractivity contribution in [2.75, 3.05) is 52.5 Å². The highest BCUT2D eigenvalue weighted by Gasteiger charge is 2.42. The van der Waals surface area contributed by atoms with Gasteiger partial charge in [-0.15, -0.1) is 4.91 Å². The lowest BCUT2D eigenvalue weighted by molar-refractivity contribution is 0.0960. The van der Waals surface area contributed by atoms with E-state index in [4.69, 9.17) is 10.2 Å². The molecule has 2 aliphatic carbocycles. The van der Waals surface area contributed by atoms with E-state index in [9.17, 15) is 24.7 Å². The number of ketones is 2. The number of aliphatic hydroxyl groups excluding tert-OH is 2. The number of nitrogens with one attached hydrogen (secondary N) is 3. The second-order valence-corrected chi connectivity index (χ2v) is 7.77. The Morgan fingerprint density at radius 2 is 1.41 bits per heavy atom. The van der Waals surface area contributed by atoms with Gasteiger partial charge in [-0.1, -0.05) is 0 Å². The molecule has 0 heterocycles. The fourth-order valence-corrected chi connectivity index (χ4v) is 4.13. The largest absolute Gasteiger partial charge is 0.507 e. The van der Waals surface area contributed by atoms with Crippen LogP contribution in [0.15, 0.2) is 40.0 Å². The van der Waals surface area contributed by atoms with Gasteiger partial charge >= 0.3 is 0 Å². The molecule has 0 atom stereocenters. The summed E-state index contributed by atoms with van der Waals surface area (Å²) >= 11 is 0. The summed E-state index contributed by atoms with van der Waals surface area (Å²) in [6.45, 7) is 1.93. The number of hydrogen-bond acceptors (Lipinski definition) is 11. The Balaban J connectivity index is 2.06. The molecule has 0 unspecified atom stereocenters. The van der Waals surface area contributed by atoms with E-state index in [1.165, 1.54) is 0 Å². The summed E-state index contributed by atoms with van der Waals surface area (Å²) in [7, 11) is 0. The molecule has 0 aliphatic heterocycles. The molecular weight excluding hydrogens is 446 g/mol. The number of Topliss-reactive ketones (excluding diaryl/α,β-unsaturated/α-hetero) is 2. The molecule has 0 saturated carbocycles. The van der Waals surface area contributed by atoms with Crippen LogP contribution in [0.1, 0.15) is 33.6 Å².